The lowest BCUT2D eigenvalue weighted by Crippen LogP contribution is -2.15. The summed E-state index contributed by atoms with van der Waals surface area (Å²) in [6, 6.07) is 19.1. The van der Waals surface area contributed by atoms with Gasteiger partial charge < -0.3 is 10.1 Å². The number of anilines is 1. The lowest BCUT2D eigenvalue weighted by atomic mass is 10.1. The molecule has 1 aromatic heterocycles. The van der Waals surface area contributed by atoms with Gasteiger partial charge in [-0.2, -0.15) is 5.26 Å². The summed E-state index contributed by atoms with van der Waals surface area (Å²) in [6.45, 7) is -0.0181. The highest BCUT2D eigenvalue weighted by molar-refractivity contribution is 7.12. The predicted octanol–water partition coefficient (Wildman–Crippen LogP) is 4.23. The molecule has 0 bridgehead atoms. The van der Waals surface area contributed by atoms with Crippen LogP contribution in [0.3, 0.4) is 0 Å². The van der Waals surface area contributed by atoms with Crippen LogP contribution in [-0.4, -0.2) is 11.9 Å². The molecule has 0 radical (unpaired) electrons. The molecule has 0 atom stereocenters. The molecular formula is C20H14N2O3S. The number of nitrogens with one attached hydrogen (secondary N) is 1. The van der Waals surface area contributed by atoms with Crippen LogP contribution >= 0.6 is 11.3 Å². The van der Waals surface area contributed by atoms with Gasteiger partial charge >= 0.3 is 5.97 Å². The first-order valence-electron chi connectivity index (χ1n) is 7.78. The molecule has 26 heavy (non-hydrogen) atoms. The van der Waals surface area contributed by atoms with E-state index in [2.05, 4.69) is 11.4 Å². The van der Waals surface area contributed by atoms with E-state index >= 15 is 0 Å². The van der Waals surface area contributed by atoms with Gasteiger partial charge in [0.25, 0.3) is 5.91 Å². The van der Waals surface area contributed by atoms with E-state index < -0.39 is 5.97 Å². The van der Waals surface area contributed by atoms with Crippen molar-refractivity contribution in [3.05, 3.63) is 87.6 Å². The number of hydrogen-bond acceptors (Lipinski definition) is 5. The van der Waals surface area contributed by atoms with Crippen molar-refractivity contribution in [2.24, 2.45) is 0 Å². The first kappa shape index (κ1) is 17.4. The van der Waals surface area contributed by atoms with Gasteiger partial charge in [0.2, 0.25) is 0 Å². The number of thiophene rings is 1. The molecule has 0 spiro atoms. The number of nitrogens with zero attached hydrogens (tertiary/aromatic N) is 1. The number of carbonyl (C=O) groups excluding carboxylic acids is 2. The molecule has 0 saturated heterocycles. The highest BCUT2D eigenvalue weighted by Crippen LogP contribution is 2.20. The number of hydrogen-bond donors (Lipinski definition) is 1. The van der Waals surface area contributed by atoms with E-state index in [-0.39, 0.29) is 18.1 Å². The second kappa shape index (κ2) is 8.10. The zero-order valence-electron chi connectivity index (χ0n) is 13.6. The van der Waals surface area contributed by atoms with E-state index in [9.17, 15) is 9.59 Å². The lowest BCUT2D eigenvalue weighted by Gasteiger charge is -2.11. The van der Waals surface area contributed by atoms with Crippen molar-refractivity contribution in [2.45, 2.75) is 6.61 Å². The summed E-state index contributed by atoms with van der Waals surface area (Å²) in [5.41, 5.74) is 1.72. The van der Waals surface area contributed by atoms with E-state index in [0.717, 1.165) is 0 Å². The summed E-state index contributed by atoms with van der Waals surface area (Å²) in [5.74, 6) is -0.852. The fraction of sp³-hybridized carbons (Fsp3) is 0.0500. The monoisotopic (exact) mass is 362 g/mol. The fourth-order valence-electron chi connectivity index (χ4n) is 2.34. The van der Waals surface area contributed by atoms with Gasteiger partial charge in [-0.05, 0) is 29.6 Å². The van der Waals surface area contributed by atoms with Gasteiger partial charge in [-0.15, -0.1) is 11.3 Å². The number of para-hydroxylation sites is 1. The molecule has 5 nitrogen and oxygen atoms in total. The molecule has 0 aliphatic heterocycles. The molecule has 0 aliphatic rings. The molecule has 6 heteroatoms. The zero-order chi connectivity index (χ0) is 18.4. The van der Waals surface area contributed by atoms with Crippen molar-refractivity contribution < 1.29 is 14.3 Å². The molecule has 1 N–H and O–H groups in total. The number of esters is 1. The number of amides is 1. The zero-order valence-corrected chi connectivity index (χ0v) is 14.5. The minimum absolute atomic E-state index is 0.0181. The molecular weight excluding hydrogens is 348 g/mol. The Morgan fingerprint density at radius 2 is 1.81 bits per heavy atom. The van der Waals surface area contributed by atoms with Crippen LogP contribution < -0.4 is 5.32 Å². The van der Waals surface area contributed by atoms with Crippen LogP contribution in [0.5, 0.6) is 0 Å². The van der Waals surface area contributed by atoms with Crippen LogP contribution in [0, 0.1) is 11.3 Å². The summed E-state index contributed by atoms with van der Waals surface area (Å²) >= 11 is 1.32. The number of carbonyl (C=O) groups is 2. The van der Waals surface area contributed by atoms with Crippen molar-refractivity contribution in [1.29, 1.82) is 5.26 Å². The van der Waals surface area contributed by atoms with Gasteiger partial charge in [0.1, 0.15) is 6.61 Å². The highest BCUT2D eigenvalue weighted by Gasteiger charge is 2.16. The van der Waals surface area contributed by atoms with Gasteiger partial charge in [0.05, 0.1) is 27.8 Å². The topological polar surface area (TPSA) is 79.2 Å². The molecule has 0 aliphatic carbocycles. The molecule has 0 unspecified atom stereocenters. The summed E-state index contributed by atoms with van der Waals surface area (Å²) in [7, 11) is 0. The minimum Gasteiger partial charge on any atom is -0.457 e. The standard InChI is InChI=1S/C20H14N2O3S/c21-12-14-6-1-2-7-15(14)13-25-20(24)16-8-3-4-9-17(16)22-19(23)18-10-5-11-26-18/h1-11H,13H2,(H,22,23). The van der Waals surface area contributed by atoms with Gasteiger partial charge in [-0.3, -0.25) is 4.79 Å². The largest absolute Gasteiger partial charge is 0.457 e. The Hall–Kier alpha value is -3.43. The average molecular weight is 362 g/mol. The first-order chi connectivity index (χ1) is 12.7. The Morgan fingerprint density at radius 1 is 1.04 bits per heavy atom. The molecule has 128 valence electrons. The smallest absolute Gasteiger partial charge is 0.340 e. The molecule has 3 rings (SSSR count). The fourth-order valence-corrected chi connectivity index (χ4v) is 2.96. The van der Waals surface area contributed by atoms with Crippen molar-refractivity contribution in [3.63, 3.8) is 0 Å². The van der Waals surface area contributed by atoms with Crippen LogP contribution in [-0.2, 0) is 11.3 Å². The molecule has 0 saturated carbocycles. The number of ether oxygens (including phenoxy) is 1. The number of nitriles is 1. The third kappa shape index (κ3) is 3.97. The van der Waals surface area contributed by atoms with Crippen LogP contribution in [0.2, 0.25) is 0 Å². The maximum atomic E-state index is 12.5. The van der Waals surface area contributed by atoms with E-state index in [1.54, 1.807) is 60.7 Å². The van der Waals surface area contributed by atoms with Crippen molar-refractivity contribution >= 4 is 28.9 Å². The van der Waals surface area contributed by atoms with E-state index in [1.807, 2.05) is 5.38 Å². The van der Waals surface area contributed by atoms with Crippen molar-refractivity contribution in [3.8, 4) is 6.07 Å². The maximum Gasteiger partial charge on any atom is 0.340 e. The first-order valence-corrected chi connectivity index (χ1v) is 8.66. The summed E-state index contributed by atoms with van der Waals surface area (Å²) in [6.07, 6.45) is 0. The van der Waals surface area contributed by atoms with E-state index in [1.165, 1.54) is 11.3 Å². The quantitative estimate of drug-likeness (QED) is 0.689. The Kier molecular flexibility index (Phi) is 5.42. The molecule has 2 aromatic carbocycles. The van der Waals surface area contributed by atoms with Crippen LogP contribution in [0.15, 0.2) is 66.0 Å². The normalized spacial score (nSPS) is 9.96. The van der Waals surface area contributed by atoms with Gasteiger partial charge in [-0.25, -0.2) is 4.79 Å². The molecule has 1 heterocycles. The molecule has 1 amide bonds. The third-order valence-electron chi connectivity index (χ3n) is 3.64. The van der Waals surface area contributed by atoms with Gasteiger partial charge in [-0.1, -0.05) is 36.4 Å². The Labute approximate surface area is 154 Å². The van der Waals surface area contributed by atoms with Crippen LogP contribution in [0.25, 0.3) is 0 Å². The Balaban J connectivity index is 1.74. The van der Waals surface area contributed by atoms with Gasteiger partial charge in [0, 0.05) is 5.56 Å². The van der Waals surface area contributed by atoms with Crippen molar-refractivity contribution in [2.75, 3.05) is 5.32 Å². The van der Waals surface area contributed by atoms with E-state index in [4.69, 9.17) is 10.00 Å². The van der Waals surface area contributed by atoms with Gasteiger partial charge in [0.15, 0.2) is 0 Å². The summed E-state index contributed by atoms with van der Waals surface area (Å²) in [5, 5.41) is 13.6. The Morgan fingerprint density at radius 3 is 2.58 bits per heavy atom. The minimum atomic E-state index is -0.570. The van der Waals surface area contributed by atoms with Crippen LogP contribution in [0.1, 0.15) is 31.2 Å². The average Bonchev–Trinajstić information content (AvgIpc) is 3.21. The predicted molar refractivity (Wildman–Crippen MR) is 99.0 cm³/mol. The van der Waals surface area contributed by atoms with Crippen LogP contribution in [0.4, 0.5) is 5.69 Å². The molecule has 3 aromatic rings. The number of benzene rings is 2. The lowest BCUT2D eigenvalue weighted by molar-refractivity contribution is 0.0473. The highest BCUT2D eigenvalue weighted by atomic mass is 32.1. The third-order valence-corrected chi connectivity index (χ3v) is 4.51. The molecule has 0 fully saturated rings. The SMILES string of the molecule is N#Cc1ccccc1COC(=O)c1ccccc1NC(=O)c1cccs1. The van der Waals surface area contributed by atoms with Crippen molar-refractivity contribution in [1.82, 2.24) is 0 Å². The summed E-state index contributed by atoms with van der Waals surface area (Å²) in [4.78, 5) is 25.2. The number of rotatable bonds is 5. The second-order valence-corrected chi connectivity index (χ2v) is 6.27. The Bertz CT molecular complexity index is 975. The van der Waals surface area contributed by atoms with E-state index in [0.29, 0.717) is 21.7 Å². The summed E-state index contributed by atoms with van der Waals surface area (Å²) < 4.78 is 5.33. The second-order valence-electron chi connectivity index (χ2n) is 5.32. The maximum absolute atomic E-state index is 12.5.